The second-order valence-corrected chi connectivity index (χ2v) is 3.32. The fourth-order valence-electron chi connectivity index (χ4n) is 1.02. The molecule has 0 aliphatic carbocycles. The standard InChI is InChI=1S/C10H12Br/c1-3-8-5-6-9(4-2)10(11)7-8/h5-6H,3-4H2,1-2H3. The van der Waals surface area contributed by atoms with Crippen LogP contribution in [-0.2, 0) is 12.8 Å². The maximum Gasteiger partial charge on any atom is 0.0288 e. The first kappa shape index (κ1) is 8.79. The van der Waals surface area contributed by atoms with Gasteiger partial charge in [-0.25, -0.2) is 0 Å². The van der Waals surface area contributed by atoms with Crippen LogP contribution in [0.15, 0.2) is 16.6 Å². The molecule has 0 atom stereocenters. The van der Waals surface area contributed by atoms with Gasteiger partial charge in [0.05, 0.1) is 0 Å². The summed E-state index contributed by atoms with van der Waals surface area (Å²) >= 11 is 3.49. The lowest BCUT2D eigenvalue weighted by Gasteiger charge is -2.01. The topological polar surface area (TPSA) is 0 Å². The highest BCUT2D eigenvalue weighted by Gasteiger charge is 1.97. The van der Waals surface area contributed by atoms with E-state index in [1.165, 1.54) is 11.1 Å². The molecule has 0 nitrogen and oxygen atoms in total. The molecule has 0 amide bonds. The molecule has 0 aliphatic heterocycles. The second-order valence-electron chi connectivity index (χ2n) is 2.53. The minimum Gasteiger partial charge on any atom is -0.0613 e. The van der Waals surface area contributed by atoms with Crippen LogP contribution in [0.3, 0.4) is 0 Å². The maximum absolute atomic E-state index is 3.49. The third-order valence-corrected chi connectivity index (χ3v) is 2.51. The van der Waals surface area contributed by atoms with Crippen LogP contribution < -0.4 is 0 Å². The van der Waals surface area contributed by atoms with Gasteiger partial charge in [0, 0.05) is 10.5 Å². The third-order valence-electron chi connectivity index (χ3n) is 1.80. The van der Waals surface area contributed by atoms with Crippen LogP contribution in [0, 0.1) is 6.07 Å². The predicted molar refractivity (Wildman–Crippen MR) is 51.7 cm³/mol. The number of hydrogen-bond acceptors (Lipinski definition) is 0. The van der Waals surface area contributed by atoms with Crippen LogP contribution in [0.25, 0.3) is 0 Å². The fraction of sp³-hybridized carbons (Fsp3) is 0.400. The molecule has 1 heteroatoms. The van der Waals surface area contributed by atoms with Crippen molar-refractivity contribution in [3.05, 3.63) is 33.8 Å². The van der Waals surface area contributed by atoms with Crippen molar-refractivity contribution in [2.24, 2.45) is 0 Å². The van der Waals surface area contributed by atoms with E-state index in [9.17, 15) is 0 Å². The lowest BCUT2D eigenvalue weighted by molar-refractivity contribution is 1.08. The SMILES string of the molecule is CCc1[c]c(Br)c(CC)cc1. The van der Waals surface area contributed by atoms with Crippen LogP contribution in [0.1, 0.15) is 25.0 Å². The molecule has 0 saturated heterocycles. The summed E-state index contributed by atoms with van der Waals surface area (Å²) in [5, 5.41) is 0. The summed E-state index contributed by atoms with van der Waals surface area (Å²) in [6.07, 6.45) is 2.13. The van der Waals surface area contributed by atoms with E-state index in [-0.39, 0.29) is 0 Å². The average Bonchev–Trinajstić information content (AvgIpc) is 2.04. The van der Waals surface area contributed by atoms with Crippen molar-refractivity contribution in [3.8, 4) is 0 Å². The van der Waals surface area contributed by atoms with E-state index in [2.05, 4.69) is 48.0 Å². The molecule has 1 aromatic carbocycles. The summed E-state index contributed by atoms with van der Waals surface area (Å²) < 4.78 is 1.12. The van der Waals surface area contributed by atoms with Crippen molar-refractivity contribution < 1.29 is 0 Å². The van der Waals surface area contributed by atoms with Gasteiger partial charge in [0.1, 0.15) is 0 Å². The molecule has 0 bridgehead atoms. The van der Waals surface area contributed by atoms with Gasteiger partial charge >= 0.3 is 0 Å². The van der Waals surface area contributed by atoms with E-state index in [1.54, 1.807) is 0 Å². The molecule has 0 spiro atoms. The second kappa shape index (κ2) is 3.91. The molecular weight excluding hydrogens is 200 g/mol. The Kier molecular flexibility index (Phi) is 3.13. The van der Waals surface area contributed by atoms with Gasteiger partial charge in [0.2, 0.25) is 0 Å². The first-order valence-corrected chi connectivity index (χ1v) is 4.76. The molecule has 0 fully saturated rings. The molecular formula is C10H12Br. The Hall–Kier alpha value is -0.300. The Morgan fingerprint density at radius 1 is 1.27 bits per heavy atom. The molecule has 1 aromatic rings. The number of hydrogen-bond donors (Lipinski definition) is 0. The quantitative estimate of drug-likeness (QED) is 0.704. The van der Waals surface area contributed by atoms with Gasteiger partial charge in [0.15, 0.2) is 0 Å². The summed E-state index contributed by atoms with van der Waals surface area (Å²) in [6, 6.07) is 7.60. The summed E-state index contributed by atoms with van der Waals surface area (Å²) in [5.41, 5.74) is 2.61. The molecule has 0 aromatic heterocycles. The van der Waals surface area contributed by atoms with Crippen LogP contribution in [0.2, 0.25) is 0 Å². The van der Waals surface area contributed by atoms with Gasteiger partial charge in [-0.2, -0.15) is 0 Å². The zero-order chi connectivity index (χ0) is 8.27. The highest BCUT2D eigenvalue weighted by atomic mass is 79.9. The van der Waals surface area contributed by atoms with Gasteiger partial charge in [-0.15, -0.1) is 0 Å². The Bertz CT molecular complexity index is 241. The summed E-state index contributed by atoms with van der Waals surface area (Å²) in [4.78, 5) is 0. The molecule has 0 N–H and O–H groups in total. The molecule has 0 unspecified atom stereocenters. The highest BCUT2D eigenvalue weighted by Crippen LogP contribution is 2.18. The van der Waals surface area contributed by atoms with Crippen molar-refractivity contribution in [1.29, 1.82) is 0 Å². The average molecular weight is 212 g/mol. The zero-order valence-electron chi connectivity index (χ0n) is 6.95. The molecule has 11 heavy (non-hydrogen) atoms. The molecule has 59 valence electrons. The Balaban J connectivity index is 2.99. The van der Waals surface area contributed by atoms with E-state index in [0.29, 0.717) is 0 Å². The van der Waals surface area contributed by atoms with Crippen molar-refractivity contribution >= 4 is 15.9 Å². The highest BCUT2D eigenvalue weighted by molar-refractivity contribution is 9.10. The van der Waals surface area contributed by atoms with Crippen LogP contribution >= 0.6 is 15.9 Å². The van der Waals surface area contributed by atoms with E-state index in [1.807, 2.05) is 0 Å². The van der Waals surface area contributed by atoms with Gasteiger partial charge in [-0.3, -0.25) is 0 Å². The monoisotopic (exact) mass is 211 g/mol. The third kappa shape index (κ3) is 2.06. The molecule has 1 radical (unpaired) electrons. The maximum atomic E-state index is 3.49. The minimum atomic E-state index is 1.06. The van der Waals surface area contributed by atoms with Gasteiger partial charge in [-0.1, -0.05) is 26.0 Å². The van der Waals surface area contributed by atoms with Crippen LogP contribution in [-0.4, -0.2) is 0 Å². The summed E-state index contributed by atoms with van der Waals surface area (Å²) in [6.45, 7) is 4.30. The van der Waals surface area contributed by atoms with E-state index in [4.69, 9.17) is 0 Å². The van der Waals surface area contributed by atoms with Crippen molar-refractivity contribution in [2.75, 3.05) is 0 Å². The zero-order valence-corrected chi connectivity index (χ0v) is 8.53. The molecule has 0 aliphatic rings. The lowest BCUT2D eigenvalue weighted by Crippen LogP contribution is -1.86. The van der Waals surface area contributed by atoms with Crippen LogP contribution in [0.5, 0.6) is 0 Å². The first-order chi connectivity index (χ1) is 5.27. The van der Waals surface area contributed by atoms with Crippen LogP contribution in [0.4, 0.5) is 0 Å². The van der Waals surface area contributed by atoms with Gasteiger partial charge in [0.25, 0.3) is 0 Å². The fourth-order valence-corrected chi connectivity index (χ4v) is 1.68. The smallest absolute Gasteiger partial charge is 0.0288 e. The molecule has 0 heterocycles. The van der Waals surface area contributed by atoms with E-state index < -0.39 is 0 Å². The van der Waals surface area contributed by atoms with E-state index in [0.717, 1.165) is 17.3 Å². The van der Waals surface area contributed by atoms with Crippen molar-refractivity contribution in [2.45, 2.75) is 26.7 Å². The van der Waals surface area contributed by atoms with Gasteiger partial charge in [-0.05, 0) is 39.9 Å². The Labute approximate surface area is 76.8 Å². The normalized spacial score (nSPS) is 10.1. The lowest BCUT2D eigenvalue weighted by atomic mass is 10.1. The number of benzene rings is 1. The summed E-state index contributed by atoms with van der Waals surface area (Å²) in [7, 11) is 0. The van der Waals surface area contributed by atoms with Crippen molar-refractivity contribution in [3.63, 3.8) is 0 Å². The van der Waals surface area contributed by atoms with E-state index >= 15 is 0 Å². The summed E-state index contributed by atoms with van der Waals surface area (Å²) in [5.74, 6) is 0. The number of aryl methyl sites for hydroxylation is 2. The molecule has 1 rings (SSSR count). The van der Waals surface area contributed by atoms with Crippen molar-refractivity contribution in [1.82, 2.24) is 0 Å². The molecule has 0 saturated carbocycles. The number of halogens is 1. The number of rotatable bonds is 2. The predicted octanol–water partition coefficient (Wildman–Crippen LogP) is 3.37. The largest absolute Gasteiger partial charge is 0.0613 e. The Morgan fingerprint density at radius 3 is 2.45 bits per heavy atom. The Morgan fingerprint density at radius 2 is 2.00 bits per heavy atom. The first-order valence-electron chi connectivity index (χ1n) is 3.97. The van der Waals surface area contributed by atoms with Gasteiger partial charge < -0.3 is 0 Å². The minimum absolute atomic E-state index is 1.06.